The molecule has 0 aliphatic rings. The summed E-state index contributed by atoms with van der Waals surface area (Å²) in [6.45, 7) is 2.93. The Morgan fingerprint density at radius 3 is 2.61 bits per heavy atom. The minimum atomic E-state index is -4.54. The standard InChI is InChI=1S/C20H16F3N3O3S2/c1-12-24-15(10-30-12)6-7-18(28)29-9-16-11-31-19(25-16)26(13(2)27)17-5-3-4-14(8-17)20(21,22)23/h3-8,10-11H,9H2,1-2H3/b7-6+. The predicted octanol–water partition coefficient (Wildman–Crippen LogP) is 5.37. The van der Waals surface area contributed by atoms with Gasteiger partial charge >= 0.3 is 12.1 Å². The minimum absolute atomic E-state index is 0.0432. The van der Waals surface area contributed by atoms with Crippen molar-refractivity contribution in [2.24, 2.45) is 0 Å². The molecule has 31 heavy (non-hydrogen) atoms. The molecule has 2 aromatic heterocycles. The van der Waals surface area contributed by atoms with Gasteiger partial charge in [0.1, 0.15) is 6.61 Å². The highest BCUT2D eigenvalue weighted by molar-refractivity contribution is 7.14. The number of aryl methyl sites for hydroxylation is 1. The van der Waals surface area contributed by atoms with Crippen molar-refractivity contribution in [3.63, 3.8) is 0 Å². The van der Waals surface area contributed by atoms with E-state index >= 15 is 0 Å². The van der Waals surface area contributed by atoms with Crippen molar-refractivity contribution < 1.29 is 27.5 Å². The van der Waals surface area contributed by atoms with Crippen LogP contribution in [0.2, 0.25) is 0 Å². The summed E-state index contributed by atoms with van der Waals surface area (Å²) in [6, 6.07) is 4.42. The Morgan fingerprint density at radius 2 is 1.97 bits per heavy atom. The van der Waals surface area contributed by atoms with Crippen LogP contribution in [0.25, 0.3) is 6.08 Å². The number of thiazole rings is 2. The first-order valence-corrected chi connectivity index (χ1v) is 10.6. The molecule has 3 aromatic rings. The van der Waals surface area contributed by atoms with Gasteiger partial charge in [0.15, 0.2) is 5.13 Å². The van der Waals surface area contributed by atoms with E-state index in [9.17, 15) is 22.8 Å². The van der Waals surface area contributed by atoms with Gasteiger partial charge in [-0.3, -0.25) is 9.69 Å². The maximum absolute atomic E-state index is 13.0. The zero-order valence-corrected chi connectivity index (χ0v) is 18.0. The number of halogens is 3. The molecule has 3 rings (SSSR count). The summed E-state index contributed by atoms with van der Waals surface area (Å²) >= 11 is 2.51. The van der Waals surface area contributed by atoms with Crippen molar-refractivity contribution in [3.05, 3.63) is 63.1 Å². The number of aromatic nitrogens is 2. The number of hydrogen-bond donors (Lipinski definition) is 0. The molecule has 1 aromatic carbocycles. The van der Waals surface area contributed by atoms with Crippen LogP contribution in [0.5, 0.6) is 0 Å². The third-order valence-corrected chi connectivity index (χ3v) is 5.53. The highest BCUT2D eigenvalue weighted by Crippen LogP contribution is 2.35. The molecule has 1 amide bonds. The molecule has 2 heterocycles. The van der Waals surface area contributed by atoms with Crippen LogP contribution in [-0.2, 0) is 27.1 Å². The number of anilines is 2. The Morgan fingerprint density at radius 1 is 1.19 bits per heavy atom. The highest BCUT2D eigenvalue weighted by atomic mass is 32.1. The molecule has 0 fully saturated rings. The second-order valence-electron chi connectivity index (χ2n) is 6.26. The van der Waals surface area contributed by atoms with E-state index in [1.54, 1.807) is 10.8 Å². The fraction of sp³-hybridized carbons (Fsp3) is 0.200. The summed E-state index contributed by atoms with van der Waals surface area (Å²) in [6.07, 6.45) is -1.76. The molecule has 0 unspecified atom stereocenters. The number of benzene rings is 1. The van der Waals surface area contributed by atoms with Crippen molar-refractivity contribution in [3.8, 4) is 0 Å². The van der Waals surface area contributed by atoms with Gasteiger partial charge in [0, 0.05) is 23.8 Å². The summed E-state index contributed by atoms with van der Waals surface area (Å²) in [7, 11) is 0. The summed E-state index contributed by atoms with van der Waals surface area (Å²) < 4.78 is 44.2. The van der Waals surface area contributed by atoms with Crippen molar-refractivity contribution >= 4 is 51.4 Å². The van der Waals surface area contributed by atoms with E-state index in [2.05, 4.69) is 9.97 Å². The molecule has 0 saturated heterocycles. The number of hydrogen-bond acceptors (Lipinski definition) is 7. The molecule has 11 heteroatoms. The summed E-state index contributed by atoms with van der Waals surface area (Å²) in [4.78, 5) is 33.5. The molecule has 0 radical (unpaired) electrons. The van der Waals surface area contributed by atoms with Gasteiger partial charge in [-0.1, -0.05) is 6.07 Å². The zero-order chi connectivity index (χ0) is 22.6. The van der Waals surface area contributed by atoms with Gasteiger partial charge in [-0.05, 0) is 31.2 Å². The van der Waals surface area contributed by atoms with Crippen LogP contribution in [0.15, 0.2) is 41.1 Å². The van der Waals surface area contributed by atoms with Gasteiger partial charge < -0.3 is 4.74 Å². The van der Waals surface area contributed by atoms with Crippen LogP contribution in [0.3, 0.4) is 0 Å². The van der Waals surface area contributed by atoms with E-state index < -0.39 is 23.6 Å². The molecule has 0 aliphatic heterocycles. The smallest absolute Gasteiger partial charge is 0.416 e. The fourth-order valence-corrected chi connectivity index (χ4v) is 3.97. The summed E-state index contributed by atoms with van der Waals surface area (Å²) in [5.41, 5.74) is 0.184. The molecular formula is C20H16F3N3O3S2. The SMILES string of the molecule is CC(=O)N(c1cccc(C(F)(F)F)c1)c1nc(COC(=O)/C=C/c2csc(C)n2)cs1. The largest absolute Gasteiger partial charge is 0.456 e. The number of ether oxygens (including phenoxy) is 1. The number of carbonyl (C=O) groups is 2. The second kappa shape index (κ2) is 9.40. The molecule has 162 valence electrons. The van der Waals surface area contributed by atoms with Crippen molar-refractivity contribution in [2.75, 3.05) is 4.90 Å². The lowest BCUT2D eigenvalue weighted by Gasteiger charge is -2.19. The topological polar surface area (TPSA) is 72.4 Å². The van der Waals surface area contributed by atoms with Gasteiger partial charge in [0.25, 0.3) is 0 Å². The Bertz CT molecular complexity index is 1120. The van der Waals surface area contributed by atoms with Gasteiger partial charge in [-0.25, -0.2) is 14.8 Å². The van der Waals surface area contributed by atoms with E-state index in [4.69, 9.17) is 4.74 Å². The highest BCUT2D eigenvalue weighted by Gasteiger charge is 2.31. The molecule has 0 atom stereocenters. The van der Waals surface area contributed by atoms with E-state index in [1.165, 1.54) is 42.5 Å². The van der Waals surface area contributed by atoms with E-state index in [0.717, 1.165) is 33.4 Å². The normalized spacial score (nSPS) is 11.6. The van der Waals surface area contributed by atoms with Crippen molar-refractivity contribution in [2.45, 2.75) is 26.6 Å². The Labute approximate surface area is 183 Å². The number of rotatable bonds is 6. The van der Waals surface area contributed by atoms with Crippen molar-refractivity contribution in [1.82, 2.24) is 9.97 Å². The monoisotopic (exact) mass is 467 g/mol. The summed E-state index contributed by atoms with van der Waals surface area (Å²) in [5, 5.41) is 4.42. The number of alkyl halides is 3. The first-order chi connectivity index (χ1) is 14.6. The lowest BCUT2D eigenvalue weighted by atomic mass is 10.2. The molecule has 0 saturated carbocycles. The predicted molar refractivity (Wildman–Crippen MR) is 112 cm³/mol. The Hall–Kier alpha value is -3.05. The Balaban J connectivity index is 1.70. The quantitative estimate of drug-likeness (QED) is 0.360. The summed E-state index contributed by atoms with van der Waals surface area (Å²) in [5.74, 6) is -1.10. The third kappa shape index (κ3) is 5.98. The maximum atomic E-state index is 13.0. The van der Waals surface area contributed by atoms with E-state index in [-0.39, 0.29) is 17.4 Å². The lowest BCUT2D eigenvalue weighted by Crippen LogP contribution is -2.23. The van der Waals surface area contributed by atoms with E-state index in [1.807, 2.05) is 6.92 Å². The van der Waals surface area contributed by atoms with Crippen LogP contribution in [0, 0.1) is 6.92 Å². The first-order valence-electron chi connectivity index (χ1n) is 8.83. The first kappa shape index (κ1) is 22.6. The number of nitrogens with zero attached hydrogens (tertiary/aromatic N) is 3. The van der Waals surface area contributed by atoms with Gasteiger partial charge in [0.05, 0.1) is 27.6 Å². The molecule has 6 nitrogen and oxygen atoms in total. The van der Waals surface area contributed by atoms with Crippen LogP contribution >= 0.6 is 22.7 Å². The lowest BCUT2D eigenvalue weighted by molar-refractivity contribution is -0.139. The van der Waals surface area contributed by atoms with Gasteiger partial charge in [0.2, 0.25) is 5.91 Å². The van der Waals surface area contributed by atoms with Gasteiger partial charge in [-0.15, -0.1) is 22.7 Å². The fourth-order valence-electron chi connectivity index (χ4n) is 2.52. The third-order valence-electron chi connectivity index (χ3n) is 3.87. The molecule has 0 spiro atoms. The van der Waals surface area contributed by atoms with Crippen molar-refractivity contribution in [1.29, 1.82) is 0 Å². The molecule has 0 bridgehead atoms. The van der Waals surface area contributed by atoms with Crippen LogP contribution in [0.4, 0.5) is 24.0 Å². The molecular weight excluding hydrogens is 451 g/mol. The molecule has 0 aliphatic carbocycles. The number of esters is 1. The number of carbonyl (C=O) groups excluding carboxylic acids is 2. The second-order valence-corrected chi connectivity index (χ2v) is 8.16. The van der Waals surface area contributed by atoms with Crippen LogP contribution < -0.4 is 4.90 Å². The van der Waals surface area contributed by atoms with E-state index in [0.29, 0.717) is 11.4 Å². The average Bonchev–Trinajstić information content (AvgIpc) is 3.33. The minimum Gasteiger partial charge on any atom is -0.456 e. The number of amides is 1. The van der Waals surface area contributed by atoms with Gasteiger partial charge in [-0.2, -0.15) is 13.2 Å². The van der Waals surface area contributed by atoms with Crippen LogP contribution in [0.1, 0.15) is 28.9 Å². The molecule has 0 N–H and O–H groups in total. The maximum Gasteiger partial charge on any atom is 0.416 e. The average molecular weight is 467 g/mol. The Kier molecular flexibility index (Phi) is 6.86. The van der Waals surface area contributed by atoms with Crippen LogP contribution in [-0.4, -0.2) is 21.8 Å². The zero-order valence-electron chi connectivity index (χ0n) is 16.3.